The largest absolute Gasteiger partial charge is 0.497 e. The number of benzene rings is 1. The second-order valence-corrected chi connectivity index (χ2v) is 5.40. The number of aryl methyl sites for hydroxylation is 1. The van der Waals surface area contributed by atoms with Crippen LogP contribution in [0, 0.1) is 0 Å². The summed E-state index contributed by atoms with van der Waals surface area (Å²) in [4.78, 5) is 2.23. The number of nitrogens with one attached hydrogen (secondary N) is 1. The van der Waals surface area contributed by atoms with Crippen molar-refractivity contribution in [2.75, 3.05) is 34.3 Å². The van der Waals surface area contributed by atoms with Gasteiger partial charge in [-0.2, -0.15) is 0 Å². The Morgan fingerprint density at radius 2 is 1.89 bits per heavy atom. The van der Waals surface area contributed by atoms with Crippen LogP contribution in [0.15, 0.2) is 24.3 Å². The quantitative estimate of drug-likeness (QED) is 0.694. The molecule has 3 heteroatoms. The van der Waals surface area contributed by atoms with Crippen LogP contribution >= 0.6 is 0 Å². The average Bonchev–Trinajstić information content (AvgIpc) is 2.41. The van der Waals surface area contributed by atoms with Crippen molar-refractivity contribution in [2.45, 2.75) is 32.2 Å². The van der Waals surface area contributed by atoms with E-state index in [1.807, 2.05) is 12.1 Å². The first kappa shape index (κ1) is 16.0. The van der Waals surface area contributed by atoms with E-state index in [-0.39, 0.29) is 0 Å². The summed E-state index contributed by atoms with van der Waals surface area (Å²) in [5, 5.41) is 3.58. The first-order valence-corrected chi connectivity index (χ1v) is 7.13. The van der Waals surface area contributed by atoms with Crippen molar-refractivity contribution < 1.29 is 4.74 Å². The average molecular weight is 264 g/mol. The van der Waals surface area contributed by atoms with Gasteiger partial charge in [0.15, 0.2) is 0 Å². The van der Waals surface area contributed by atoms with Crippen LogP contribution < -0.4 is 10.1 Å². The summed E-state index contributed by atoms with van der Waals surface area (Å²) in [6, 6.07) is 8.94. The summed E-state index contributed by atoms with van der Waals surface area (Å²) >= 11 is 0. The molecule has 108 valence electrons. The number of ether oxygens (including phenoxy) is 1. The highest BCUT2D eigenvalue weighted by Gasteiger charge is 2.02. The second kappa shape index (κ2) is 8.94. The van der Waals surface area contributed by atoms with Gasteiger partial charge in [-0.1, -0.05) is 12.1 Å². The number of rotatable bonds is 9. The van der Waals surface area contributed by atoms with Crippen molar-refractivity contribution in [3.8, 4) is 5.75 Å². The van der Waals surface area contributed by atoms with Gasteiger partial charge < -0.3 is 15.0 Å². The van der Waals surface area contributed by atoms with Crippen LogP contribution in [0.1, 0.15) is 25.3 Å². The molecule has 0 aliphatic rings. The van der Waals surface area contributed by atoms with E-state index in [9.17, 15) is 0 Å². The summed E-state index contributed by atoms with van der Waals surface area (Å²) in [5.74, 6) is 0.929. The molecular weight excluding hydrogens is 236 g/mol. The van der Waals surface area contributed by atoms with Gasteiger partial charge in [-0.3, -0.25) is 0 Å². The minimum atomic E-state index is 0.573. The fourth-order valence-corrected chi connectivity index (χ4v) is 2.02. The Hall–Kier alpha value is -1.06. The molecule has 3 nitrogen and oxygen atoms in total. The molecule has 1 rings (SSSR count). The third-order valence-corrected chi connectivity index (χ3v) is 3.30. The van der Waals surface area contributed by atoms with Gasteiger partial charge >= 0.3 is 0 Å². The first-order valence-electron chi connectivity index (χ1n) is 7.13. The fraction of sp³-hybridized carbons (Fsp3) is 0.625. The van der Waals surface area contributed by atoms with Crippen molar-refractivity contribution in [2.24, 2.45) is 0 Å². The molecule has 0 aliphatic heterocycles. The molecule has 0 heterocycles. The molecule has 0 fully saturated rings. The molecule has 0 aromatic heterocycles. The van der Waals surface area contributed by atoms with Crippen LogP contribution in [0.2, 0.25) is 0 Å². The highest BCUT2D eigenvalue weighted by molar-refractivity contribution is 5.27. The predicted molar refractivity (Wildman–Crippen MR) is 82.0 cm³/mol. The van der Waals surface area contributed by atoms with E-state index < -0.39 is 0 Å². The molecule has 0 spiro atoms. The van der Waals surface area contributed by atoms with E-state index in [2.05, 4.69) is 43.4 Å². The maximum atomic E-state index is 5.16. The Morgan fingerprint density at radius 1 is 1.21 bits per heavy atom. The SMILES string of the molecule is COc1ccc(CCC(C)NCCCN(C)C)cc1. The van der Waals surface area contributed by atoms with E-state index in [1.54, 1.807) is 7.11 Å². The number of methoxy groups -OCH3 is 1. The fourth-order valence-electron chi connectivity index (χ4n) is 2.02. The summed E-state index contributed by atoms with van der Waals surface area (Å²) in [6.07, 6.45) is 3.50. The highest BCUT2D eigenvalue weighted by Crippen LogP contribution is 2.13. The Bertz CT molecular complexity index is 335. The maximum Gasteiger partial charge on any atom is 0.118 e. The van der Waals surface area contributed by atoms with E-state index in [4.69, 9.17) is 4.74 Å². The van der Waals surface area contributed by atoms with Gasteiger partial charge in [-0.15, -0.1) is 0 Å². The Balaban J connectivity index is 2.16. The third kappa shape index (κ3) is 7.19. The monoisotopic (exact) mass is 264 g/mol. The number of hydrogen-bond donors (Lipinski definition) is 1. The number of hydrogen-bond acceptors (Lipinski definition) is 3. The van der Waals surface area contributed by atoms with Crippen molar-refractivity contribution in [3.63, 3.8) is 0 Å². The summed E-state index contributed by atoms with van der Waals surface area (Å²) in [7, 11) is 5.94. The molecule has 1 unspecified atom stereocenters. The highest BCUT2D eigenvalue weighted by atomic mass is 16.5. The van der Waals surface area contributed by atoms with Crippen LogP contribution in [0.5, 0.6) is 5.75 Å². The van der Waals surface area contributed by atoms with Crippen molar-refractivity contribution in [1.29, 1.82) is 0 Å². The van der Waals surface area contributed by atoms with Crippen LogP contribution in [0.4, 0.5) is 0 Å². The van der Waals surface area contributed by atoms with Gasteiger partial charge in [0, 0.05) is 6.04 Å². The zero-order valence-electron chi connectivity index (χ0n) is 12.8. The molecule has 1 N–H and O–H groups in total. The molecule has 0 saturated heterocycles. The van der Waals surface area contributed by atoms with E-state index >= 15 is 0 Å². The molecule has 0 radical (unpaired) electrons. The Kier molecular flexibility index (Phi) is 7.53. The van der Waals surface area contributed by atoms with Gasteiger partial charge in [-0.05, 0) is 71.1 Å². The van der Waals surface area contributed by atoms with Gasteiger partial charge in [0.25, 0.3) is 0 Å². The lowest BCUT2D eigenvalue weighted by Crippen LogP contribution is -2.29. The molecule has 0 amide bonds. The normalized spacial score (nSPS) is 12.7. The smallest absolute Gasteiger partial charge is 0.118 e. The summed E-state index contributed by atoms with van der Waals surface area (Å²) < 4.78 is 5.16. The standard InChI is InChI=1S/C16H28N2O/c1-14(17-12-5-13-18(2)3)6-7-15-8-10-16(19-4)11-9-15/h8-11,14,17H,5-7,12-13H2,1-4H3. The molecule has 0 aliphatic carbocycles. The Morgan fingerprint density at radius 3 is 2.47 bits per heavy atom. The lowest BCUT2D eigenvalue weighted by atomic mass is 10.1. The van der Waals surface area contributed by atoms with Crippen LogP contribution in [0.3, 0.4) is 0 Å². The summed E-state index contributed by atoms with van der Waals surface area (Å²) in [6.45, 7) is 4.51. The predicted octanol–water partition coefficient (Wildman–Crippen LogP) is 2.56. The molecular formula is C16H28N2O. The van der Waals surface area contributed by atoms with Gasteiger partial charge in [0.1, 0.15) is 5.75 Å². The van der Waals surface area contributed by atoms with Gasteiger partial charge in [0.2, 0.25) is 0 Å². The molecule has 1 aromatic rings. The minimum Gasteiger partial charge on any atom is -0.497 e. The van der Waals surface area contributed by atoms with E-state index in [1.165, 1.54) is 18.4 Å². The van der Waals surface area contributed by atoms with Crippen LogP contribution in [-0.2, 0) is 6.42 Å². The zero-order valence-corrected chi connectivity index (χ0v) is 12.8. The molecule has 0 bridgehead atoms. The molecule has 0 saturated carbocycles. The van der Waals surface area contributed by atoms with Crippen LogP contribution in [-0.4, -0.2) is 45.2 Å². The minimum absolute atomic E-state index is 0.573. The first-order chi connectivity index (χ1) is 9.11. The third-order valence-electron chi connectivity index (χ3n) is 3.30. The zero-order chi connectivity index (χ0) is 14.1. The molecule has 1 aromatic carbocycles. The number of nitrogens with zero attached hydrogens (tertiary/aromatic N) is 1. The second-order valence-electron chi connectivity index (χ2n) is 5.40. The van der Waals surface area contributed by atoms with E-state index in [0.717, 1.165) is 25.3 Å². The summed E-state index contributed by atoms with van der Waals surface area (Å²) in [5.41, 5.74) is 1.38. The maximum absolute atomic E-state index is 5.16. The lowest BCUT2D eigenvalue weighted by Gasteiger charge is -2.15. The lowest BCUT2D eigenvalue weighted by molar-refractivity contribution is 0.385. The van der Waals surface area contributed by atoms with Gasteiger partial charge in [-0.25, -0.2) is 0 Å². The topological polar surface area (TPSA) is 24.5 Å². The van der Waals surface area contributed by atoms with Crippen molar-refractivity contribution in [1.82, 2.24) is 10.2 Å². The van der Waals surface area contributed by atoms with Gasteiger partial charge in [0.05, 0.1) is 7.11 Å². The van der Waals surface area contributed by atoms with Crippen LogP contribution in [0.25, 0.3) is 0 Å². The van der Waals surface area contributed by atoms with Crippen molar-refractivity contribution >= 4 is 0 Å². The molecule has 1 atom stereocenters. The van der Waals surface area contributed by atoms with E-state index in [0.29, 0.717) is 6.04 Å². The Labute approximate surface area is 118 Å². The molecule has 19 heavy (non-hydrogen) atoms. The van der Waals surface area contributed by atoms with Crippen molar-refractivity contribution in [3.05, 3.63) is 29.8 Å².